The number of ether oxygens (including phenoxy) is 3. The average molecular weight is 269 g/mol. The Hall–Kier alpha value is -1.79. The third kappa shape index (κ3) is 3.84. The Kier molecular flexibility index (Phi) is 5.59. The molecule has 0 bridgehead atoms. The van der Waals surface area contributed by atoms with Crippen LogP contribution in [0.4, 0.5) is 0 Å². The van der Waals surface area contributed by atoms with Crippen molar-refractivity contribution < 1.29 is 24.1 Å². The van der Waals surface area contributed by atoms with Crippen molar-refractivity contribution in [2.45, 2.75) is 19.1 Å². The first-order valence-electron chi connectivity index (χ1n) is 5.74. The number of methoxy groups -OCH3 is 3. The highest BCUT2D eigenvalue weighted by Crippen LogP contribution is 2.34. The molecule has 6 nitrogen and oxygen atoms in total. The van der Waals surface area contributed by atoms with Crippen molar-refractivity contribution in [1.82, 2.24) is 0 Å². The molecular weight excluding hydrogens is 250 g/mol. The van der Waals surface area contributed by atoms with Crippen molar-refractivity contribution in [2.75, 3.05) is 21.3 Å². The van der Waals surface area contributed by atoms with Gasteiger partial charge in [-0.05, 0) is 11.6 Å². The third-order valence-corrected chi connectivity index (χ3v) is 2.72. The van der Waals surface area contributed by atoms with E-state index in [0.29, 0.717) is 23.7 Å². The van der Waals surface area contributed by atoms with E-state index in [0.717, 1.165) is 5.56 Å². The lowest BCUT2D eigenvalue weighted by molar-refractivity contribution is -0.137. The summed E-state index contributed by atoms with van der Waals surface area (Å²) in [7, 11) is 4.60. The average Bonchev–Trinajstić information content (AvgIpc) is 2.37. The number of carboxylic acids is 1. The number of carbonyl (C=O) groups is 1. The maximum atomic E-state index is 10.8. The van der Waals surface area contributed by atoms with E-state index in [-0.39, 0.29) is 6.42 Å². The Morgan fingerprint density at radius 2 is 2.00 bits per heavy atom. The first-order valence-corrected chi connectivity index (χ1v) is 5.74. The Morgan fingerprint density at radius 1 is 1.32 bits per heavy atom. The zero-order valence-electron chi connectivity index (χ0n) is 11.3. The molecule has 0 aliphatic carbocycles. The Morgan fingerprint density at radius 3 is 2.47 bits per heavy atom. The highest BCUT2D eigenvalue weighted by Gasteiger charge is 2.20. The van der Waals surface area contributed by atoms with Crippen LogP contribution < -0.4 is 15.2 Å². The molecule has 6 heteroatoms. The molecule has 0 spiro atoms. The standard InChI is InChI=1S/C13H19NO5/c1-17-7-8-4-9(18-2)5-11(19-3)13(8)10(14)6-12(15)16/h4-5,10H,6-7,14H2,1-3H3,(H,15,16). The summed E-state index contributed by atoms with van der Waals surface area (Å²) >= 11 is 0. The maximum Gasteiger partial charge on any atom is 0.305 e. The number of hydrogen-bond acceptors (Lipinski definition) is 5. The second-order valence-corrected chi connectivity index (χ2v) is 4.04. The van der Waals surface area contributed by atoms with E-state index in [2.05, 4.69) is 0 Å². The Labute approximate surface area is 112 Å². The van der Waals surface area contributed by atoms with Gasteiger partial charge in [0.25, 0.3) is 0 Å². The van der Waals surface area contributed by atoms with Gasteiger partial charge in [0.2, 0.25) is 0 Å². The molecule has 1 rings (SSSR count). The van der Waals surface area contributed by atoms with Crippen LogP contribution in [0.1, 0.15) is 23.6 Å². The predicted octanol–water partition coefficient (Wildman–Crippen LogP) is 1.32. The highest BCUT2D eigenvalue weighted by atomic mass is 16.5. The van der Waals surface area contributed by atoms with Crippen molar-refractivity contribution in [3.05, 3.63) is 23.3 Å². The lowest BCUT2D eigenvalue weighted by atomic mass is 9.97. The molecule has 0 amide bonds. The molecule has 3 N–H and O–H groups in total. The lowest BCUT2D eigenvalue weighted by Crippen LogP contribution is -2.18. The van der Waals surface area contributed by atoms with Gasteiger partial charge in [-0.2, -0.15) is 0 Å². The van der Waals surface area contributed by atoms with Crippen LogP contribution in [0.3, 0.4) is 0 Å². The van der Waals surface area contributed by atoms with Crippen LogP contribution in [-0.4, -0.2) is 32.4 Å². The van der Waals surface area contributed by atoms with E-state index in [1.165, 1.54) is 7.11 Å². The predicted molar refractivity (Wildman–Crippen MR) is 69.4 cm³/mol. The van der Waals surface area contributed by atoms with Crippen LogP contribution in [0, 0.1) is 0 Å². The van der Waals surface area contributed by atoms with Gasteiger partial charge in [0.15, 0.2) is 0 Å². The first kappa shape index (κ1) is 15.3. The van der Waals surface area contributed by atoms with Crippen LogP contribution in [0.5, 0.6) is 11.5 Å². The molecule has 106 valence electrons. The zero-order chi connectivity index (χ0) is 14.4. The third-order valence-electron chi connectivity index (χ3n) is 2.72. The maximum absolute atomic E-state index is 10.8. The second-order valence-electron chi connectivity index (χ2n) is 4.04. The fourth-order valence-corrected chi connectivity index (χ4v) is 1.93. The minimum absolute atomic E-state index is 0.181. The van der Waals surface area contributed by atoms with Crippen molar-refractivity contribution in [3.63, 3.8) is 0 Å². The molecule has 0 heterocycles. The van der Waals surface area contributed by atoms with Gasteiger partial charge in [-0.25, -0.2) is 0 Å². The molecular formula is C13H19NO5. The molecule has 0 saturated heterocycles. The second kappa shape index (κ2) is 6.96. The largest absolute Gasteiger partial charge is 0.497 e. The van der Waals surface area contributed by atoms with Gasteiger partial charge in [0, 0.05) is 24.8 Å². The number of rotatable bonds is 7. The topological polar surface area (TPSA) is 91.0 Å². The first-order chi connectivity index (χ1) is 9.03. The fourth-order valence-electron chi connectivity index (χ4n) is 1.93. The summed E-state index contributed by atoms with van der Waals surface area (Å²) in [6.45, 7) is 0.302. The Balaban J connectivity index is 3.27. The molecule has 0 aliphatic heterocycles. The smallest absolute Gasteiger partial charge is 0.305 e. The Bertz CT molecular complexity index is 447. The van der Waals surface area contributed by atoms with Crippen molar-refractivity contribution in [2.24, 2.45) is 5.73 Å². The number of aliphatic carboxylic acids is 1. The summed E-state index contributed by atoms with van der Waals surface area (Å²) in [5.41, 5.74) is 7.33. The van der Waals surface area contributed by atoms with Crippen molar-refractivity contribution in [1.29, 1.82) is 0 Å². The van der Waals surface area contributed by atoms with Gasteiger partial charge >= 0.3 is 5.97 Å². The van der Waals surface area contributed by atoms with E-state index in [1.807, 2.05) is 0 Å². The molecule has 0 fully saturated rings. The summed E-state index contributed by atoms with van der Waals surface area (Å²) in [4.78, 5) is 10.8. The van der Waals surface area contributed by atoms with Crippen LogP contribution in [0.15, 0.2) is 12.1 Å². The molecule has 19 heavy (non-hydrogen) atoms. The fraction of sp³-hybridized carbons (Fsp3) is 0.462. The van der Waals surface area contributed by atoms with Crippen molar-refractivity contribution >= 4 is 5.97 Å². The normalized spacial score (nSPS) is 12.0. The van der Waals surface area contributed by atoms with Gasteiger partial charge in [0.05, 0.1) is 27.2 Å². The molecule has 1 unspecified atom stereocenters. The van der Waals surface area contributed by atoms with E-state index in [4.69, 9.17) is 25.1 Å². The number of nitrogens with two attached hydrogens (primary N) is 1. The molecule has 0 saturated carbocycles. The van der Waals surface area contributed by atoms with E-state index < -0.39 is 12.0 Å². The summed E-state index contributed by atoms with van der Waals surface area (Å²) in [6.07, 6.45) is -0.181. The molecule has 1 aromatic rings. The molecule has 1 aromatic carbocycles. The molecule has 0 aromatic heterocycles. The van der Waals surface area contributed by atoms with Crippen LogP contribution in [0.25, 0.3) is 0 Å². The minimum atomic E-state index is -0.964. The summed E-state index contributed by atoms with van der Waals surface area (Å²) < 4.78 is 15.5. The van der Waals surface area contributed by atoms with Gasteiger partial charge in [-0.15, -0.1) is 0 Å². The van der Waals surface area contributed by atoms with Gasteiger partial charge in [0.1, 0.15) is 11.5 Å². The summed E-state index contributed by atoms with van der Waals surface area (Å²) in [5, 5.41) is 8.85. The lowest BCUT2D eigenvalue weighted by Gasteiger charge is -2.19. The van der Waals surface area contributed by atoms with Crippen LogP contribution in [0.2, 0.25) is 0 Å². The monoisotopic (exact) mass is 269 g/mol. The van der Waals surface area contributed by atoms with Crippen molar-refractivity contribution in [3.8, 4) is 11.5 Å². The van der Waals surface area contributed by atoms with Gasteiger partial charge in [-0.3, -0.25) is 4.79 Å². The van der Waals surface area contributed by atoms with Crippen LogP contribution >= 0.6 is 0 Å². The quantitative estimate of drug-likeness (QED) is 0.776. The zero-order valence-corrected chi connectivity index (χ0v) is 11.3. The minimum Gasteiger partial charge on any atom is -0.497 e. The molecule has 1 atom stereocenters. The van der Waals surface area contributed by atoms with E-state index >= 15 is 0 Å². The van der Waals surface area contributed by atoms with Crippen LogP contribution in [-0.2, 0) is 16.1 Å². The van der Waals surface area contributed by atoms with Gasteiger partial charge in [-0.1, -0.05) is 0 Å². The summed E-state index contributed by atoms with van der Waals surface area (Å²) in [6, 6.07) is 2.78. The SMILES string of the molecule is COCc1cc(OC)cc(OC)c1C(N)CC(=O)O. The highest BCUT2D eigenvalue weighted by molar-refractivity contribution is 5.68. The summed E-state index contributed by atoms with van der Waals surface area (Å²) in [5.74, 6) is 0.143. The number of hydrogen-bond donors (Lipinski definition) is 2. The van der Waals surface area contributed by atoms with Gasteiger partial charge < -0.3 is 25.1 Å². The number of carboxylic acid groups (broad SMARTS) is 1. The van der Waals surface area contributed by atoms with E-state index in [9.17, 15) is 4.79 Å². The molecule has 0 aliphatic rings. The number of benzene rings is 1. The van der Waals surface area contributed by atoms with E-state index in [1.54, 1.807) is 26.4 Å². The molecule has 0 radical (unpaired) electrons.